The van der Waals surface area contributed by atoms with Crippen molar-refractivity contribution in [3.8, 4) is 11.1 Å². The van der Waals surface area contributed by atoms with Crippen LogP contribution in [0.3, 0.4) is 0 Å². The molecule has 118 valence electrons. The van der Waals surface area contributed by atoms with Crippen molar-refractivity contribution in [3.63, 3.8) is 0 Å². The number of aryl methyl sites for hydroxylation is 1. The van der Waals surface area contributed by atoms with Crippen molar-refractivity contribution in [1.29, 1.82) is 0 Å². The van der Waals surface area contributed by atoms with E-state index in [-0.39, 0.29) is 0 Å². The summed E-state index contributed by atoms with van der Waals surface area (Å²) < 4.78 is 33.3. The van der Waals surface area contributed by atoms with Gasteiger partial charge in [0, 0.05) is 31.9 Å². The molecule has 5 nitrogen and oxygen atoms in total. The molecule has 0 unspecified atom stereocenters. The van der Waals surface area contributed by atoms with E-state index >= 15 is 0 Å². The second-order valence-corrected chi connectivity index (χ2v) is 6.38. The van der Waals surface area contributed by atoms with Crippen LogP contribution in [-0.2, 0) is 28.1 Å². The Labute approximate surface area is 131 Å². The van der Waals surface area contributed by atoms with Crippen molar-refractivity contribution >= 4 is 10.4 Å². The summed E-state index contributed by atoms with van der Waals surface area (Å²) in [6, 6.07) is 11.1. The number of pyridine rings is 1. The minimum Gasteiger partial charge on any atom is -0.726 e. The molecule has 1 aromatic heterocycles. The summed E-state index contributed by atoms with van der Waals surface area (Å²) in [6.45, 7) is 4.39. The molecular weight excluding hydrogens is 302 g/mol. The third-order valence-corrected chi connectivity index (χ3v) is 4.43. The van der Waals surface area contributed by atoms with Gasteiger partial charge in [0.05, 0.1) is 7.11 Å². The van der Waals surface area contributed by atoms with Crippen LogP contribution in [0.4, 0.5) is 0 Å². The van der Waals surface area contributed by atoms with Crippen molar-refractivity contribution in [2.45, 2.75) is 20.3 Å². The highest BCUT2D eigenvalue weighted by atomic mass is 32.3. The molecule has 0 saturated heterocycles. The van der Waals surface area contributed by atoms with Gasteiger partial charge < -0.3 is 4.55 Å². The SMILES string of the molecule is COS(=O)(=O)[O-].Cc1cc2c(c(C)[n+]1C)Cc1ccccc1-2. The van der Waals surface area contributed by atoms with E-state index < -0.39 is 10.4 Å². The molecule has 0 amide bonds. The fourth-order valence-electron chi connectivity index (χ4n) is 2.65. The van der Waals surface area contributed by atoms with Gasteiger partial charge in [0.25, 0.3) is 0 Å². The molecule has 6 heteroatoms. The molecule has 1 heterocycles. The van der Waals surface area contributed by atoms with Gasteiger partial charge in [-0.25, -0.2) is 13.0 Å². The molecule has 0 radical (unpaired) electrons. The largest absolute Gasteiger partial charge is 0.726 e. The number of rotatable bonds is 1. The van der Waals surface area contributed by atoms with Crippen LogP contribution in [0, 0.1) is 13.8 Å². The van der Waals surface area contributed by atoms with Crippen LogP contribution in [0.1, 0.15) is 22.5 Å². The first-order valence-electron chi connectivity index (χ1n) is 6.83. The van der Waals surface area contributed by atoms with Crippen LogP contribution in [0.15, 0.2) is 30.3 Å². The third-order valence-electron chi connectivity index (χ3n) is 4.03. The van der Waals surface area contributed by atoms with Gasteiger partial charge in [0.1, 0.15) is 7.05 Å². The highest BCUT2D eigenvalue weighted by Crippen LogP contribution is 2.37. The fraction of sp³-hybridized carbons (Fsp3) is 0.312. The lowest BCUT2D eigenvalue weighted by molar-refractivity contribution is -0.684. The van der Waals surface area contributed by atoms with Gasteiger partial charge in [-0.1, -0.05) is 24.3 Å². The summed E-state index contributed by atoms with van der Waals surface area (Å²) in [5, 5.41) is 0. The van der Waals surface area contributed by atoms with E-state index in [9.17, 15) is 13.0 Å². The molecule has 0 N–H and O–H groups in total. The minimum absolute atomic E-state index is 0.808. The third kappa shape index (κ3) is 3.35. The number of hydrogen-bond donors (Lipinski definition) is 0. The zero-order chi connectivity index (χ0) is 16.5. The van der Waals surface area contributed by atoms with Crippen LogP contribution in [0.25, 0.3) is 11.1 Å². The average molecular weight is 321 g/mol. The van der Waals surface area contributed by atoms with Gasteiger partial charge in [-0.15, -0.1) is 0 Å². The van der Waals surface area contributed by atoms with E-state index in [2.05, 4.69) is 60.0 Å². The molecule has 0 atom stereocenters. The molecule has 2 aromatic rings. The molecular formula is C16H19NO4S. The Morgan fingerprint density at radius 2 is 1.77 bits per heavy atom. The Balaban J connectivity index is 0.000000254. The lowest BCUT2D eigenvalue weighted by atomic mass is 10.0. The zero-order valence-corrected chi connectivity index (χ0v) is 13.9. The summed E-state index contributed by atoms with van der Waals surface area (Å²) in [4.78, 5) is 0. The fourth-order valence-corrected chi connectivity index (χ4v) is 2.65. The molecule has 0 bridgehead atoms. The van der Waals surface area contributed by atoms with Crippen LogP contribution in [-0.4, -0.2) is 20.1 Å². The summed E-state index contributed by atoms with van der Waals surface area (Å²) in [7, 11) is -1.46. The minimum atomic E-state index is -4.41. The topological polar surface area (TPSA) is 70.3 Å². The first-order valence-corrected chi connectivity index (χ1v) is 8.16. The lowest BCUT2D eigenvalue weighted by Crippen LogP contribution is -2.36. The summed E-state index contributed by atoms with van der Waals surface area (Å²) in [5.41, 5.74) is 8.53. The highest BCUT2D eigenvalue weighted by molar-refractivity contribution is 7.80. The standard InChI is InChI=1S/C15H16N.CH4O4S/c1-10-8-15-13-7-5-4-6-12(13)9-14(15)11(2)16(10)3;1-5-6(2,3)4/h4-8H,9H2,1-3H3;1H3,(H,2,3,4)/q+1;/p-1. The van der Waals surface area contributed by atoms with Gasteiger partial charge in [-0.05, 0) is 16.7 Å². The van der Waals surface area contributed by atoms with E-state index in [1.54, 1.807) is 0 Å². The van der Waals surface area contributed by atoms with Crippen molar-refractivity contribution in [2.24, 2.45) is 7.05 Å². The van der Waals surface area contributed by atoms with Gasteiger partial charge in [0.2, 0.25) is 10.4 Å². The molecule has 22 heavy (non-hydrogen) atoms. The molecule has 1 aliphatic carbocycles. The first kappa shape index (κ1) is 16.6. The second-order valence-electron chi connectivity index (χ2n) is 5.23. The number of nitrogens with zero attached hydrogens (tertiary/aromatic N) is 1. The predicted molar refractivity (Wildman–Crippen MR) is 82.0 cm³/mol. The Morgan fingerprint density at radius 1 is 1.18 bits per heavy atom. The highest BCUT2D eigenvalue weighted by Gasteiger charge is 2.25. The molecule has 1 aromatic carbocycles. The van der Waals surface area contributed by atoms with E-state index in [0.29, 0.717) is 0 Å². The molecule has 0 spiro atoms. The maximum Gasteiger partial charge on any atom is 0.217 e. The van der Waals surface area contributed by atoms with Crippen molar-refractivity contribution < 1.29 is 21.7 Å². The van der Waals surface area contributed by atoms with Crippen LogP contribution in [0.5, 0.6) is 0 Å². The number of benzene rings is 1. The molecule has 1 aliphatic rings. The molecule has 0 aliphatic heterocycles. The maximum absolute atomic E-state index is 9.22. The Bertz CT molecular complexity index is 813. The van der Waals surface area contributed by atoms with E-state index in [1.165, 1.54) is 33.6 Å². The normalized spacial score (nSPS) is 12.2. The van der Waals surface area contributed by atoms with Crippen molar-refractivity contribution in [3.05, 3.63) is 52.8 Å². The predicted octanol–water partition coefficient (Wildman–Crippen LogP) is 1.79. The first-order chi connectivity index (χ1) is 10.2. The van der Waals surface area contributed by atoms with Crippen LogP contribution < -0.4 is 4.57 Å². The summed E-state index contributed by atoms with van der Waals surface area (Å²) >= 11 is 0. The van der Waals surface area contributed by atoms with Crippen molar-refractivity contribution in [1.82, 2.24) is 0 Å². The Hall–Kier alpha value is -1.76. The van der Waals surface area contributed by atoms with E-state index in [1.807, 2.05) is 0 Å². The molecule has 3 rings (SSSR count). The monoisotopic (exact) mass is 321 g/mol. The number of aromatic nitrogens is 1. The van der Waals surface area contributed by atoms with Crippen molar-refractivity contribution in [2.75, 3.05) is 7.11 Å². The van der Waals surface area contributed by atoms with Gasteiger partial charge in [-0.2, -0.15) is 0 Å². The maximum atomic E-state index is 9.22. The quantitative estimate of drug-likeness (QED) is 0.389. The van der Waals surface area contributed by atoms with E-state index in [4.69, 9.17) is 0 Å². The van der Waals surface area contributed by atoms with E-state index in [0.717, 1.165) is 13.5 Å². The number of hydrogen-bond acceptors (Lipinski definition) is 4. The molecule has 0 saturated carbocycles. The second kappa shape index (κ2) is 6.16. The van der Waals surface area contributed by atoms with Gasteiger partial charge in [0.15, 0.2) is 11.4 Å². The Morgan fingerprint density at radius 3 is 2.36 bits per heavy atom. The average Bonchev–Trinajstić information content (AvgIpc) is 2.84. The van der Waals surface area contributed by atoms with Gasteiger partial charge >= 0.3 is 0 Å². The summed E-state index contributed by atoms with van der Waals surface area (Å²) in [5.74, 6) is 0. The Kier molecular flexibility index (Phi) is 4.65. The zero-order valence-electron chi connectivity index (χ0n) is 13.1. The smallest absolute Gasteiger partial charge is 0.217 e. The molecule has 0 fully saturated rings. The number of fused-ring (bicyclic) bond motifs is 3. The van der Waals surface area contributed by atoms with Crippen LogP contribution in [0.2, 0.25) is 0 Å². The summed E-state index contributed by atoms with van der Waals surface area (Å²) in [6.07, 6.45) is 1.09. The van der Waals surface area contributed by atoms with Gasteiger partial charge in [-0.3, -0.25) is 4.18 Å². The lowest BCUT2D eigenvalue weighted by Gasteiger charge is -2.05. The van der Waals surface area contributed by atoms with Crippen LogP contribution >= 0.6 is 0 Å².